The maximum atomic E-state index is 4.61. The third kappa shape index (κ3) is 9.61. The van der Waals surface area contributed by atoms with Gasteiger partial charge in [-0.1, -0.05) is 27.7 Å². The lowest BCUT2D eigenvalue weighted by molar-refractivity contribution is 0.365. The molecule has 0 radical (unpaired) electrons. The quantitative estimate of drug-likeness (QED) is 0.290. The van der Waals surface area contributed by atoms with Crippen LogP contribution in [0.4, 0.5) is 0 Å². The van der Waals surface area contributed by atoms with Gasteiger partial charge >= 0.3 is 0 Å². The van der Waals surface area contributed by atoms with Gasteiger partial charge in [0, 0.05) is 24.2 Å². The number of nitrogens with one attached hydrogen (secondary N) is 2. The van der Waals surface area contributed by atoms with Gasteiger partial charge in [-0.3, -0.25) is 0 Å². The van der Waals surface area contributed by atoms with E-state index >= 15 is 0 Å². The van der Waals surface area contributed by atoms with Gasteiger partial charge < -0.3 is 10.6 Å². The van der Waals surface area contributed by atoms with Gasteiger partial charge in [0.05, 0.1) is 6.54 Å². The van der Waals surface area contributed by atoms with Crippen molar-refractivity contribution in [3.63, 3.8) is 0 Å². The number of aromatic nitrogens is 1. The average molecular weight is 438 g/mol. The van der Waals surface area contributed by atoms with E-state index in [2.05, 4.69) is 55.2 Å². The first-order valence-electron chi connectivity index (χ1n) is 7.90. The summed E-state index contributed by atoms with van der Waals surface area (Å²) in [6.07, 6.45) is 5.38. The second kappa shape index (κ2) is 11.2. The number of nitrogens with zero attached hydrogens (tertiary/aromatic N) is 2. The van der Waals surface area contributed by atoms with E-state index in [9.17, 15) is 0 Å². The van der Waals surface area contributed by atoms with Crippen molar-refractivity contribution >= 4 is 41.3 Å². The zero-order chi connectivity index (χ0) is 15.7. The molecule has 0 aromatic carbocycles. The van der Waals surface area contributed by atoms with Gasteiger partial charge in [-0.05, 0) is 31.6 Å². The molecule has 22 heavy (non-hydrogen) atoms. The highest BCUT2D eigenvalue weighted by molar-refractivity contribution is 14.0. The largest absolute Gasteiger partial charge is 0.357 e. The Bertz CT molecular complexity index is 438. The molecule has 0 atom stereocenters. The van der Waals surface area contributed by atoms with E-state index in [-0.39, 0.29) is 24.0 Å². The van der Waals surface area contributed by atoms with Crippen molar-refractivity contribution in [2.75, 3.05) is 13.1 Å². The molecule has 0 fully saturated rings. The molecule has 1 rings (SSSR count). The normalized spacial score (nSPS) is 12.0. The molecule has 0 spiro atoms. The molecular weight excluding hydrogens is 407 g/mol. The summed E-state index contributed by atoms with van der Waals surface area (Å²) >= 11 is 1.75. The highest BCUT2D eigenvalue weighted by Gasteiger charge is 2.09. The van der Waals surface area contributed by atoms with E-state index < -0.39 is 0 Å². The summed E-state index contributed by atoms with van der Waals surface area (Å²) in [5.41, 5.74) is 0.397. The molecule has 0 saturated heterocycles. The Kier molecular flexibility index (Phi) is 11.0. The van der Waals surface area contributed by atoms with Crippen LogP contribution in [0.15, 0.2) is 11.2 Å². The van der Waals surface area contributed by atoms with Crippen LogP contribution in [0.5, 0.6) is 0 Å². The predicted octanol–water partition coefficient (Wildman–Crippen LogP) is 4.20. The van der Waals surface area contributed by atoms with Crippen LogP contribution in [-0.4, -0.2) is 24.0 Å². The first kappa shape index (κ1) is 21.6. The molecule has 2 N–H and O–H groups in total. The molecule has 0 bridgehead atoms. The second-order valence-corrected chi connectivity index (χ2v) is 7.56. The molecule has 0 saturated carbocycles. The van der Waals surface area contributed by atoms with Crippen molar-refractivity contribution in [3.05, 3.63) is 16.1 Å². The van der Waals surface area contributed by atoms with E-state index in [4.69, 9.17) is 0 Å². The molecule has 0 amide bonds. The zero-order valence-corrected chi connectivity index (χ0v) is 17.7. The van der Waals surface area contributed by atoms with E-state index in [1.807, 2.05) is 6.20 Å². The van der Waals surface area contributed by atoms with Crippen LogP contribution in [0.25, 0.3) is 0 Å². The SMILES string of the molecule is CCNC(=NCc1ncc(CC)s1)NCCCC(C)(C)C.I. The third-order valence-corrected chi connectivity index (χ3v) is 4.19. The van der Waals surface area contributed by atoms with Crippen molar-refractivity contribution in [2.24, 2.45) is 10.4 Å². The summed E-state index contributed by atoms with van der Waals surface area (Å²) in [5.74, 6) is 0.889. The molecule has 1 aromatic rings. The summed E-state index contributed by atoms with van der Waals surface area (Å²) in [6, 6.07) is 0. The van der Waals surface area contributed by atoms with Crippen molar-refractivity contribution in [3.8, 4) is 0 Å². The lowest BCUT2D eigenvalue weighted by Crippen LogP contribution is -2.38. The summed E-state index contributed by atoms with van der Waals surface area (Å²) in [7, 11) is 0. The standard InChI is InChI=1S/C16H30N4S.HI/c1-6-13-11-19-14(21-13)12-20-15(17-7-2)18-10-8-9-16(3,4)5;/h11H,6-10,12H2,1-5H3,(H2,17,18,20);1H. The first-order chi connectivity index (χ1) is 9.94. The minimum absolute atomic E-state index is 0. The fourth-order valence-electron chi connectivity index (χ4n) is 1.90. The lowest BCUT2D eigenvalue weighted by atomic mass is 9.91. The number of aryl methyl sites for hydroxylation is 1. The average Bonchev–Trinajstić information content (AvgIpc) is 2.87. The Hall–Kier alpha value is -0.370. The smallest absolute Gasteiger partial charge is 0.191 e. The van der Waals surface area contributed by atoms with Gasteiger partial charge in [0.25, 0.3) is 0 Å². The zero-order valence-electron chi connectivity index (χ0n) is 14.5. The van der Waals surface area contributed by atoms with Gasteiger partial charge in [-0.15, -0.1) is 35.3 Å². The second-order valence-electron chi connectivity index (χ2n) is 6.36. The number of rotatable bonds is 7. The maximum absolute atomic E-state index is 4.61. The van der Waals surface area contributed by atoms with Crippen LogP contribution in [0.2, 0.25) is 0 Å². The van der Waals surface area contributed by atoms with Crippen LogP contribution >= 0.6 is 35.3 Å². The minimum Gasteiger partial charge on any atom is -0.357 e. The van der Waals surface area contributed by atoms with Crippen LogP contribution in [-0.2, 0) is 13.0 Å². The molecule has 0 aliphatic heterocycles. The number of hydrogen-bond donors (Lipinski definition) is 2. The Labute approximate surface area is 156 Å². The number of hydrogen-bond acceptors (Lipinski definition) is 3. The molecule has 6 heteroatoms. The van der Waals surface area contributed by atoms with Gasteiger partial charge in [0.2, 0.25) is 0 Å². The van der Waals surface area contributed by atoms with Crippen molar-refractivity contribution in [1.29, 1.82) is 0 Å². The summed E-state index contributed by atoms with van der Waals surface area (Å²) in [5, 5.41) is 7.77. The fourth-order valence-corrected chi connectivity index (χ4v) is 2.69. The molecule has 1 heterocycles. The van der Waals surface area contributed by atoms with Crippen LogP contribution < -0.4 is 10.6 Å². The Morgan fingerprint density at radius 1 is 1.27 bits per heavy atom. The van der Waals surface area contributed by atoms with Crippen molar-refractivity contribution in [1.82, 2.24) is 15.6 Å². The number of thiazole rings is 1. The van der Waals surface area contributed by atoms with Crippen molar-refractivity contribution in [2.45, 2.75) is 60.4 Å². The fraction of sp³-hybridized carbons (Fsp3) is 0.750. The molecule has 1 aromatic heterocycles. The Balaban J connectivity index is 0.00000441. The highest BCUT2D eigenvalue weighted by atomic mass is 127. The van der Waals surface area contributed by atoms with Gasteiger partial charge in [-0.2, -0.15) is 0 Å². The van der Waals surface area contributed by atoms with E-state index in [1.54, 1.807) is 11.3 Å². The number of aliphatic imine (C=N–C) groups is 1. The van der Waals surface area contributed by atoms with Crippen molar-refractivity contribution < 1.29 is 0 Å². The first-order valence-corrected chi connectivity index (χ1v) is 8.72. The van der Waals surface area contributed by atoms with E-state index in [1.165, 1.54) is 11.3 Å². The van der Waals surface area contributed by atoms with Crippen LogP contribution in [0.3, 0.4) is 0 Å². The number of guanidine groups is 1. The van der Waals surface area contributed by atoms with Gasteiger partial charge in [0.1, 0.15) is 5.01 Å². The molecule has 128 valence electrons. The van der Waals surface area contributed by atoms with Crippen LogP contribution in [0, 0.1) is 5.41 Å². The van der Waals surface area contributed by atoms with Gasteiger partial charge in [-0.25, -0.2) is 9.98 Å². The topological polar surface area (TPSA) is 49.3 Å². The van der Waals surface area contributed by atoms with Crippen LogP contribution in [0.1, 0.15) is 57.3 Å². The lowest BCUT2D eigenvalue weighted by Gasteiger charge is -2.18. The molecule has 0 unspecified atom stereocenters. The maximum Gasteiger partial charge on any atom is 0.191 e. The third-order valence-electron chi connectivity index (χ3n) is 3.06. The molecule has 4 nitrogen and oxygen atoms in total. The summed E-state index contributed by atoms with van der Waals surface area (Å²) in [4.78, 5) is 10.3. The number of halogens is 1. The van der Waals surface area contributed by atoms with E-state index in [0.717, 1.165) is 36.9 Å². The van der Waals surface area contributed by atoms with E-state index in [0.29, 0.717) is 12.0 Å². The summed E-state index contributed by atoms with van der Waals surface area (Å²) < 4.78 is 0. The Morgan fingerprint density at radius 3 is 2.55 bits per heavy atom. The molecular formula is C16H31IN4S. The monoisotopic (exact) mass is 438 g/mol. The van der Waals surface area contributed by atoms with Gasteiger partial charge in [0.15, 0.2) is 5.96 Å². The highest BCUT2D eigenvalue weighted by Crippen LogP contribution is 2.19. The minimum atomic E-state index is 0. The predicted molar refractivity (Wildman–Crippen MR) is 108 cm³/mol. The molecule has 0 aliphatic carbocycles. The Morgan fingerprint density at radius 2 is 2.00 bits per heavy atom. The molecule has 0 aliphatic rings. The summed E-state index contributed by atoms with van der Waals surface area (Å²) in [6.45, 7) is 13.6.